The lowest BCUT2D eigenvalue weighted by atomic mass is 10.0. The maximum Gasteiger partial charge on any atom is 0.220 e. The molecule has 0 aromatic heterocycles. The van der Waals surface area contributed by atoms with E-state index in [-0.39, 0.29) is 5.91 Å². The molecule has 1 amide bonds. The van der Waals surface area contributed by atoms with Crippen LogP contribution in [0.1, 0.15) is 44.9 Å². The molecule has 3 nitrogen and oxygen atoms in total. The second-order valence-corrected chi connectivity index (χ2v) is 7.99. The number of benzene rings is 1. The average Bonchev–Trinajstić information content (AvgIpc) is 3.22. The lowest BCUT2D eigenvalue weighted by molar-refractivity contribution is -0.121. The molecule has 1 aliphatic carbocycles. The minimum Gasteiger partial charge on any atom is -0.371 e. The predicted octanol–water partition coefficient (Wildman–Crippen LogP) is 4.36. The quantitative estimate of drug-likeness (QED) is 0.797. The van der Waals surface area contributed by atoms with Crippen molar-refractivity contribution < 1.29 is 4.79 Å². The molecule has 4 heteroatoms. The van der Waals surface area contributed by atoms with Crippen molar-refractivity contribution >= 4 is 27.5 Å². The molecular formula is C19H27BrN2O. The molecule has 1 N–H and O–H groups in total. The number of nitrogens with one attached hydrogen (secondary N) is 1. The van der Waals surface area contributed by atoms with Gasteiger partial charge in [-0.2, -0.15) is 0 Å². The topological polar surface area (TPSA) is 32.3 Å². The summed E-state index contributed by atoms with van der Waals surface area (Å²) in [4.78, 5) is 14.4. The van der Waals surface area contributed by atoms with Crippen molar-refractivity contribution in [3.63, 3.8) is 0 Å². The van der Waals surface area contributed by atoms with Gasteiger partial charge in [-0.25, -0.2) is 0 Å². The van der Waals surface area contributed by atoms with E-state index in [4.69, 9.17) is 0 Å². The van der Waals surface area contributed by atoms with Crippen LogP contribution in [0.4, 0.5) is 5.69 Å². The molecule has 126 valence electrons. The Kier molecular flexibility index (Phi) is 5.98. The van der Waals surface area contributed by atoms with Crippen LogP contribution in [0.25, 0.3) is 0 Å². The molecule has 0 bridgehead atoms. The van der Waals surface area contributed by atoms with Gasteiger partial charge in [0.1, 0.15) is 0 Å². The highest BCUT2D eigenvalue weighted by atomic mass is 79.9. The Hall–Kier alpha value is -1.03. The molecule has 1 atom stereocenters. The summed E-state index contributed by atoms with van der Waals surface area (Å²) in [6.07, 6.45) is 8.34. The first-order chi connectivity index (χ1) is 11.2. The van der Waals surface area contributed by atoms with Crippen LogP contribution in [-0.2, 0) is 4.79 Å². The van der Waals surface area contributed by atoms with Gasteiger partial charge in [-0.1, -0.05) is 47.7 Å². The maximum absolute atomic E-state index is 12.0. The van der Waals surface area contributed by atoms with E-state index in [1.165, 1.54) is 31.4 Å². The van der Waals surface area contributed by atoms with Gasteiger partial charge in [-0.15, -0.1) is 0 Å². The molecule has 2 fully saturated rings. The van der Waals surface area contributed by atoms with E-state index in [0.29, 0.717) is 12.3 Å². The second kappa shape index (κ2) is 8.18. The number of hydrogen-bond acceptors (Lipinski definition) is 2. The monoisotopic (exact) mass is 378 g/mol. The van der Waals surface area contributed by atoms with E-state index in [0.717, 1.165) is 42.9 Å². The molecule has 1 aromatic rings. The first kappa shape index (κ1) is 16.8. The zero-order chi connectivity index (χ0) is 16.1. The number of carbonyl (C=O) groups is 1. The van der Waals surface area contributed by atoms with Crippen LogP contribution < -0.4 is 10.2 Å². The Morgan fingerprint density at radius 1 is 1.22 bits per heavy atom. The van der Waals surface area contributed by atoms with Crippen LogP contribution in [0, 0.1) is 11.8 Å². The summed E-state index contributed by atoms with van der Waals surface area (Å²) in [5.74, 6) is 1.63. The molecule has 23 heavy (non-hydrogen) atoms. The molecule has 1 saturated carbocycles. The SMILES string of the molecule is O=C(CCC1CCCC1)NCC1CCN(c2cccc(Br)c2)C1. The van der Waals surface area contributed by atoms with Crippen molar-refractivity contribution in [1.29, 1.82) is 0 Å². The average molecular weight is 379 g/mol. The van der Waals surface area contributed by atoms with Crippen molar-refractivity contribution in [3.8, 4) is 0 Å². The van der Waals surface area contributed by atoms with Crippen molar-refractivity contribution in [1.82, 2.24) is 5.32 Å². The Morgan fingerprint density at radius 2 is 2.04 bits per heavy atom. The lowest BCUT2D eigenvalue weighted by Gasteiger charge is -2.19. The summed E-state index contributed by atoms with van der Waals surface area (Å²) in [6, 6.07) is 8.47. The Bertz CT molecular complexity index is 528. The summed E-state index contributed by atoms with van der Waals surface area (Å²) in [7, 11) is 0. The van der Waals surface area contributed by atoms with Gasteiger partial charge in [-0.3, -0.25) is 4.79 Å². The zero-order valence-electron chi connectivity index (χ0n) is 13.8. The second-order valence-electron chi connectivity index (χ2n) is 7.07. The predicted molar refractivity (Wildman–Crippen MR) is 98.7 cm³/mol. The van der Waals surface area contributed by atoms with Crippen LogP contribution in [0.5, 0.6) is 0 Å². The van der Waals surface area contributed by atoms with Crippen molar-refractivity contribution in [2.24, 2.45) is 11.8 Å². The summed E-state index contributed by atoms with van der Waals surface area (Å²) < 4.78 is 1.12. The third-order valence-corrected chi connectivity index (χ3v) is 5.79. The van der Waals surface area contributed by atoms with E-state index < -0.39 is 0 Å². The molecule has 1 heterocycles. The zero-order valence-corrected chi connectivity index (χ0v) is 15.4. The molecule has 0 radical (unpaired) electrons. The molecule has 1 saturated heterocycles. The van der Waals surface area contributed by atoms with Gasteiger partial charge < -0.3 is 10.2 Å². The fourth-order valence-corrected chi connectivity index (χ4v) is 4.27. The fourth-order valence-electron chi connectivity index (χ4n) is 3.89. The van der Waals surface area contributed by atoms with Crippen LogP contribution in [0.15, 0.2) is 28.7 Å². The standard InChI is InChI=1S/C19H27BrN2O/c20-17-6-3-7-18(12-17)22-11-10-16(14-22)13-21-19(23)9-8-15-4-1-2-5-15/h3,6-7,12,15-16H,1-2,4-5,8-11,13-14H2,(H,21,23). The maximum atomic E-state index is 12.0. The minimum absolute atomic E-state index is 0.248. The number of amides is 1. The molecule has 0 spiro atoms. The highest BCUT2D eigenvalue weighted by Gasteiger charge is 2.23. The van der Waals surface area contributed by atoms with E-state index >= 15 is 0 Å². The van der Waals surface area contributed by atoms with Gasteiger partial charge in [0, 0.05) is 36.2 Å². The summed E-state index contributed by atoms with van der Waals surface area (Å²) in [5.41, 5.74) is 1.27. The van der Waals surface area contributed by atoms with Crippen molar-refractivity contribution in [2.45, 2.75) is 44.9 Å². The number of anilines is 1. The summed E-state index contributed by atoms with van der Waals surface area (Å²) >= 11 is 3.54. The number of rotatable bonds is 6. The minimum atomic E-state index is 0.248. The van der Waals surface area contributed by atoms with Crippen molar-refractivity contribution in [3.05, 3.63) is 28.7 Å². The van der Waals surface area contributed by atoms with E-state index in [1.807, 2.05) is 0 Å². The van der Waals surface area contributed by atoms with Gasteiger partial charge in [0.15, 0.2) is 0 Å². The van der Waals surface area contributed by atoms with E-state index in [9.17, 15) is 4.79 Å². The highest BCUT2D eigenvalue weighted by molar-refractivity contribution is 9.10. The molecule has 1 aliphatic heterocycles. The third kappa shape index (κ3) is 4.97. The Labute approximate surface area is 148 Å². The van der Waals surface area contributed by atoms with E-state index in [2.05, 4.69) is 50.4 Å². The summed E-state index contributed by atoms with van der Waals surface area (Å²) in [6.45, 7) is 2.95. The summed E-state index contributed by atoms with van der Waals surface area (Å²) in [5, 5.41) is 3.16. The molecule has 3 rings (SSSR count). The van der Waals surface area contributed by atoms with Gasteiger partial charge in [0.25, 0.3) is 0 Å². The first-order valence-corrected chi connectivity index (χ1v) is 9.77. The molecule has 1 aromatic carbocycles. The normalized spacial score (nSPS) is 21.8. The van der Waals surface area contributed by atoms with Crippen LogP contribution >= 0.6 is 15.9 Å². The Balaban J connectivity index is 1.37. The van der Waals surface area contributed by atoms with Gasteiger partial charge in [-0.05, 0) is 42.9 Å². The smallest absolute Gasteiger partial charge is 0.220 e. The number of halogens is 1. The largest absolute Gasteiger partial charge is 0.371 e. The number of nitrogens with zero attached hydrogens (tertiary/aromatic N) is 1. The molecular weight excluding hydrogens is 352 g/mol. The lowest BCUT2D eigenvalue weighted by Crippen LogP contribution is -2.31. The highest BCUT2D eigenvalue weighted by Crippen LogP contribution is 2.28. The number of carbonyl (C=O) groups excluding carboxylic acids is 1. The Morgan fingerprint density at radius 3 is 2.83 bits per heavy atom. The number of hydrogen-bond donors (Lipinski definition) is 1. The van der Waals surface area contributed by atoms with Gasteiger partial charge in [0.2, 0.25) is 5.91 Å². The van der Waals surface area contributed by atoms with Crippen LogP contribution in [0.3, 0.4) is 0 Å². The van der Waals surface area contributed by atoms with Crippen LogP contribution in [0.2, 0.25) is 0 Å². The van der Waals surface area contributed by atoms with Crippen molar-refractivity contribution in [2.75, 3.05) is 24.5 Å². The van der Waals surface area contributed by atoms with E-state index in [1.54, 1.807) is 0 Å². The van der Waals surface area contributed by atoms with Gasteiger partial charge >= 0.3 is 0 Å². The third-order valence-electron chi connectivity index (χ3n) is 5.30. The van der Waals surface area contributed by atoms with Crippen LogP contribution in [-0.4, -0.2) is 25.5 Å². The molecule has 1 unspecified atom stereocenters. The molecule has 2 aliphatic rings. The van der Waals surface area contributed by atoms with Gasteiger partial charge in [0.05, 0.1) is 0 Å². The fraction of sp³-hybridized carbons (Fsp3) is 0.632. The first-order valence-electron chi connectivity index (χ1n) is 8.98.